The first-order chi connectivity index (χ1) is 9.61. The highest BCUT2D eigenvalue weighted by Gasteiger charge is 2.14. The lowest BCUT2D eigenvalue weighted by Gasteiger charge is -2.07. The number of carboxylic acids is 1. The number of carboxylic acid groups (broad SMARTS) is 1. The normalized spacial score (nSPS) is 9.85. The van der Waals surface area contributed by atoms with Crippen LogP contribution >= 0.6 is 0 Å². The first-order valence-electron chi connectivity index (χ1n) is 5.61. The van der Waals surface area contributed by atoms with Gasteiger partial charge in [-0.1, -0.05) is 0 Å². The maximum atomic E-state index is 12.0. The van der Waals surface area contributed by atoms with Gasteiger partial charge in [0.05, 0.1) is 18.4 Å². The van der Waals surface area contributed by atoms with Crippen molar-refractivity contribution in [1.29, 1.82) is 0 Å². The van der Waals surface area contributed by atoms with Crippen molar-refractivity contribution in [2.24, 2.45) is 0 Å². The molecule has 0 saturated carbocycles. The number of hydrogen-bond donors (Lipinski definition) is 2. The molecule has 2 heterocycles. The molecule has 7 heteroatoms. The Morgan fingerprint density at radius 1 is 1.25 bits per heavy atom. The van der Waals surface area contributed by atoms with E-state index in [2.05, 4.69) is 15.3 Å². The van der Waals surface area contributed by atoms with E-state index in [-0.39, 0.29) is 16.9 Å². The Morgan fingerprint density at radius 2 is 2.05 bits per heavy atom. The van der Waals surface area contributed by atoms with Crippen LogP contribution in [0.4, 0.5) is 5.69 Å². The zero-order valence-corrected chi connectivity index (χ0v) is 10.5. The Morgan fingerprint density at radius 3 is 2.65 bits per heavy atom. The molecular weight excluding hydrogens is 262 g/mol. The van der Waals surface area contributed by atoms with Crippen molar-refractivity contribution in [3.8, 4) is 5.88 Å². The first kappa shape index (κ1) is 13.5. The van der Waals surface area contributed by atoms with Crippen molar-refractivity contribution in [1.82, 2.24) is 9.97 Å². The molecule has 2 rings (SSSR count). The van der Waals surface area contributed by atoms with Gasteiger partial charge in [0.15, 0.2) is 5.69 Å². The summed E-state index contributed by atoms with van der Waals surface area (Å²) < 4.78 is 4.89. The maximum Gasteiger partial charge on any atom is 0.356 e. The van der Waals surface area contributed by atoms with Crippen molar-refractivity contribution >= 4 is 17.6 Å². The Balaban J connectivity index is 2.21. The second kappa shape index (κ2) is 5.79. The largest absolute Gasteiger partial charge is 0.481 e. The minimum Gasteiger partial charge on any atom is -0.481 e. The third-order valence-electron chi connectivity index (χ3n) is 2.47. The average Bonchev–Trinajstić information content (AvgIpc) is 2.47. The summed E-state index contributed by atoms with van der Waals surface area (Å²) in [5.41, 5.74) is 0.189. The van der Waals surface area contributed by atoms with Crippen LogP contribution in [-0.2, 0) is 0 Å². The Bertz CT molecular complexity index is 640. The third-order valence-corrected chi connectivity index (χ3v) is 2.47. The van der Waals surface area contributed by atoms with Gasteiger partial charge in [0.2, 0.25) is 5.88 Å². The van der Waals surface area contributed by atoms with E-state index < -0.39 is 11.9 Å². The van der Waals surface area contributed by atoms with Gasteiger partial charge in [0, 0.05) is 18.5 Å². The molecule has 102 valence electrons. The van der Waals surface area contributed by atoms with E-state index in [1.54, 1.807) is 0 Å². The summed E-state index contributed by atoms with van der Waals surface area (Å²) in [4.78, 5) is 30.6. The van der Waals surface area contributed by atoms with Crippen molar-refractivity contribution in [3.63, 3.8) is 0 Å². The Kier molecular flexibility index (Phi) is 3.90. The van der Waals surface area contributed by atoms with Crippen LogP contribution in [0.15, 0.2) is 36.7 Å². The molecule has 7 nitrogen and oxygen atoms in total. The molecule has 2 aromatic rings. The van der Waals surface area contributed by atoms with Crippen LogP contribution in [0.3, 0.4) is 0 Å². The molecule has 0 radical (unpaired) electrons. The van der Waals surface area contributed by atoms with Gasteiger partial charge < -0.3 is 15.2 Å². The zero-order valence-electron chi connectivity index (χ0n) is 10.5. The number of aromatic nitrogens is 2. The fourth-order valence-electron chi connectivity index (χ4n) is 1.51. The number of amides is 1. The second-order valence-corrected chi connectivity index (χ2v) is 3.75. The molecular formula is C13H11N3O4. The summed E-state index contributed by atoms with van der Waals surface area (Å²) in [6.07, 6.45) is 2.68. The van der Waals surface area contributed by atoms with Crippen LogP contribution in [0, 0.1) is 0 Å². The van der Waals surface area contributed by atoms with E-state index in [0.717, 1.165) is 0 Å². The monoisotopic (exact) mass is 273 g/mol. The van der Waals surface area contributed by atoms with E-state index in [1.807, 2.05) is 0 Å². The molecule has 0 fully saturated rings. The summed E-state index contributed by atoms with van der Waals surface area (Å²) >= 11 is 0. The summed E-state index contributed by atoms with van der Waals surface area (Å²) in [5, 5.41) is 11.5. The van der Waals surface area contributed by atoms with Gasteiger partial charge in [-0.25, -0.2) is 14.8 Å². The van der Waals surface area contributed by atoms with E-state index in [4.69, 9.17) is 9.84 Å². The summed E-state index contributed by atoms with van der Waals surface area (Å²) in [6.45, 7) is 0. The first-order valence-corrected chi connectivity index (χ1v) is 5.61. The highest BCUT2D eigenvalue weighted by atomic mass is 16.5. The molecule has 2 N–H and O–H groups in total. The highest BCUT2D eigenvalue weighted by molar-refractivity contribution is 6.06. The molecule has 0 bridgehead atoms. The van der Waals surface area contributed by atoms with Crippen LogP contribution in [0.1, 0.15) is 20.8 Å². The number of carbonyl (C=O) groups is 2. The summed E-state index contributed by atoms with van der Waals surface area (Å²) in [5.74, 6) is -1.31. The van der Waals surface area contributed by atoms with Gasteiger partial charge in [-0.3, -0.25) is 4.79 Å². The second-order valence-electron chi connectivity index (χ2n) is 3.75. The number of carbonyl (C=O) groups excluding carboxylic acids is 1. The number of hydrogen-bond acceptors (Lipinski definition) is 5. The van der Waals surface area contributed by atoms with Crippen LogP contribution in [0.5, 0.6) is 5.88 Å². The third kappa shape index (κ3) is 2.89. The topological polar surface area (TPSA) is 101 Å². The van der Waals surface area contributed by atoms with E-state index in [1.165, 1.54) is 43.8 Å². The predicted octanol–water partition coefficient (Wildman–Crippen LogP) is 1.44. The van der Waals surface area contributed by atoms with Crippen LogP contribution in [0.25, 0.3) is 0 Å². The van der Waals surface area contributed by atoms with Gasteiger partial charge in [0.1, 0.15) is 0 Å². The molecule has 0 aliphatic carbocycles. The molecule has 2 aromatic heterocycles. The maximum absolute atomic E-state index is 12.0. The van der Waals surface area contributed by atoms with E-state index >= 15 is 0 Å². The van der Waals surface area contributed by atoms with Gasteiger partial charge in [-0.2, -0.15) is 0 Å². The number of methoxy groups -OCH3 is 1. The number of pyridine rings is 2. The number of anilines is 1. The quantitative estimate of drug-likeness (QED) is 0.873. The smallest absolute Gasteiger partial charge is 0.356 e. The standard InChI is InChI=1S/C13H11N3O4/c1-20-10-5-4-8(7-15-10)12(17)16-9-3-2-6-14-11(9)13(18)19/h2-7H,1H3,(H,16,17)(H,18,19). The number of nitrogens with zero attached hydrogens (tertiary/aromatic N) is 2. The lowest BCUT2D eigenvalue weighted by atomic mass is 10.2. The van der Waals surface area contributed by atoms with Crippen molar-refractivity contribution in [2.45, 2.75) is 0 Å². The van der Waals surface area contributed by atoms with Crippen LogP contribution in [-0.4, -0.2) is 34.1 Å². The molecule has 0 aliphatic rings. The van der Waals surface area contributed by atoms with Gasteiger partial charge in [-0.05, 0) is 18.2 Å². The number of aromatic carboxylic acids is 1. The number of rotatable bonds is 4. The van der Waals surface area contributed by atoms with Crippen LogP contribution < -0.4 is 10.1 Å². The molecule has 0 saturated heterocycles. The lowest BCUT2D eigenvalue weighted by molar-refractivity contribution is 0.0691. The van der Waals surface area contributed by atoms with Gasteiger partial charge in [-0.15, -0.1) is 0 Å². The number of nitrogens with one attached hydrogen (secondary N) is 1. The minimum atomic E-state index is -1.21. The molecule has 1 amide bonds. The minimum absolute atomic E-state index is 0.126. The van der Waals surface area contributed by atoms with Crippen LogP contribution in [0.2, 0.25) is 0 Å². The van der Waals surface area contributed by atoms with Gasteiger partial charge >= 0.3 is 5.97 Å². The Labute approximate surface area is 114 Å². The van der Waals surface area contributed by atoms with E-state index in [9.17, 15) is 9.59 Å². The zero-order chi connectivity index (χ0) is 14.5. The number of ether oxygens (including phenoxy) is 1. The predicted molar refractivity (Wildman–Crippen MR) is 69.9 cm³/mol. The molecule has 0 spiro atoms. The average molecular weight is 273 g/mol. The van der Waals surface area contributed by atoms with Gasteiger partial charge in [0.25, 0.3) is 5.91 Å². The lowest BCUT2D eigenvalue weighted by Crippen LogP contribution is -2.15. The molecule has 0 atom stereocenters. The van der Waals surface area contributed by atoms with E-state index in [0.29, 0.717) is 5.88 Å². The van der Waals surface area contributed by atoms with Crippen molar-refractivity contribution < 1.29 is 19.4 Å². The summed E-state index contributed by atoms with van der Waals surface area (Å²) in [7, 11) is 1.47. The summed E-state index contributed by atoms with van der Waals surface area (Å²) in [6, 6.07) is 6.06. The SMILES string of the molecule is COc1ccc(C(=O)Nc2cccnc2C(=O)O)cn1. The molecule has 0 unspecified atom stereocenters. The molecule has 20 heavy (non-hydrogen) atoms. The highest BCUT2D eigenvalue weighted by Crippen LogP contribution is 2.14. The Hall–Kier alpha value is -2.96. The van der Waals surface area contributed by atoms with Crippen molar-refractivity contribution in [3.05, 3.63) is 47.9 Å². The fraction of sp³-hybridized carbons (Fsp3) is 0.0769. The molecule has 0 aromatic carbocycles. The fourth-order valence-corrected chi connectivity index (χ4v) is 1.51. The molecule has 0 aliphatic heterocycles. The van der Waals surface area contributed by atoms with Crippen molar-refractivity contribution in [2.75, 3.05) is 12.4 Å².